The predicted molar refractivity (Wildman–Crippen MR) is 95.7 cm³/mol. The molecule has 1 aromatic carbocycles. The molecule has 4 heteroatoms. The molecule has 0 aliphatic carbocycles. The summed E-state index contributed by atoms with van der Waals surface area (Å²) in [6.07, 6.45) is 1.92. The summed E-state index contributed by atoms with van der Waals surface area (Å²) in [4.78, 5) is 16.6. The fourth-order valence-corrected chi connectivity index (χ4v) is 2.85. The number of piperazine rings is 1. The van der Waals surface area contributed by atoms with Gasteiger partial charge in [0.2, 0.25) is 0 Å². The van der Waals surface area contributed by atoms with E-state index < -0.39 is 0 Å². The van der Waals surface area contributed by atoms with Gasteiger partial charge in [-0.1, -0.05) is 44.2 Å². The van der Waals surface area contributed by atoms with Gasteiger partial charge >= 0.3 is 6.03 Å². The van der Waals surface area contributed by atoms with Gasteiger partial charge in [0.15, 0.2) is 0 Å². The van der Waals surface area contributed by atoms with Gasteiger partial charge in [0, 0.05) is 32.7 Å². The van der Waals surface area contributed by atoms with Crippen molar-refractivity contribution in [2.24, 2.45) is 0 Å². The van der Waals surface area contributed by atoms with Crippen LogP contribution >= 0.6 is 0 Å². The van der Waals surface area contributed by atoms with Gasteiger partial charge in [-0.25, -0.2) is 4.79 Å². The van der Waals surface area contributed by atoms with Gasteiger partial charge < -0.3 is 10.2 Å². The first-order chi connectivity index (χ1) is 11.0. The normalized spacial score (nSPS) is 17.1. The van der Waals surface area contributed by atoms with E-state index in [1.54, 1.807) is 0 Å². The Balaban J connectivity index is 1.86. The zero-order chi connectivity index (χ0) is 16.8. The molecule has 0 unspecified atom stereocenters. The van der Waals surface area contributed by atoms with Crippen molar-refractivity contribution in [1.29, 1.82) is 0 Å². The van der Waals surface area contributed by atoms with E-state index in [0.717, 1.165) is 38.3 Å². The lowest BCUT2D eigenvalue weighted by atomic mass is 10.00. The summed E-state index contributed by atoms with van der Waals surface area (Å²) in [6.45, 7) is 14.5. The summed E-state index contributed by atoms with van der Waals surface area (Å²) in [5, 5.41) is 3.11. The van der Waals surface area contributed by atoms with Crippen molar-refractivity contribution in [2.75, 3.05) is 32.7 Å². The number of urea groups is 1. The summed E-state index contributed by atoms with van der Waals surface area (Å²) < 4.78 is 0. The van der Waals surface area contributed by atoms with Gasteiger partial charge in [-0.3, -0.25) is 4.90 Å². The predicted octanol–water partition coefficient (Wildman–Crippen LogP) is 3.38. The fourth-order valence-electron chi connectivity index (χ4n) is 2.85. The molecule has 4 nitrogen and oxygen atoms in total. The van der Waals surface area contributed by atoms with E-state index in [2.05, 4.69) is 54.9 Å². The quantitative estimate of drug-likeness (QED) is 0.846. The number of carbonyl (C=O) groups excluding carboxylic acids is 1. The third-order valence-electron chi connectivity index (χ3n) is 4.49. The summed E-state index contributed by atoms with van der Waals surface area (Å²) >= 11 is 0. The zero-order valence-corrected chi connectivity index (χ0v) is 14.6. The van der Waals surface area contributed by atoms with Crippen molar-refractivity contribution in [2.45, 2.75) is 32.7 Å². The second kappa shape index (κ2) is 8.16. The first-order valence-corrected chi connectivity index (χ1v) is 8.49. The molecule has 1 N–H and O–H groups in total. The third-order valence-corrected chi connectivity index (χ3v) is 4.49. The molecule has 0 saturated carbocycles. The molecular weight excluding hydrogens is 286 g/mol. The maximum atomic E-state index is 12.4. The molecule has 0 bridgehead atoms. The van der Waals surface area contributed by atoms with Gasteiger partial charge in [-0.2, -0.15) is 0 Å². The number of rotatable bonds is 5. The first kappa shape index (κ1) is 17.5. The fraction of sp³-hybridized carbons (Fsp3) is 0.526. The highest BCUT2D eigenvalue weighted by atomic mass is 16.2. The van der Waals surface area contributed by atoms with Crippen molar-refractivity contribution >= 4 is 6.03 Å². The second-order valence-electron chi connectivity index (χ2n) is 6.57. The van der Waals surface area contributed by atoms with E-state index in [9.17, 15) is 4.79 Å². The molecule has 1 aromatic rings. The van der Waals surface area contributed by atoms with Gasteiger partial charge in [0.05, 0.1) is 6.04 Å². The van der Waals surface area contributed by atoms with Gasteiger partial charge in [-0.05, 0) is 24.0 Å². The number of hydrogen-bond acceptors (Lipinski definition) is 2. The van der Waals surface area contributed by atoms with Gasteiger partial charge in [0.25, 0.3) is 0 Å². The topological polar surface area (TPSA) is 35.6 Å². The van der Waals surface area contributed by atoms with E-state index in [1.165, 1.54) is 5.56 Å². The molecule has 0 radical (unpaired) electrons. The van der Waals surface area contributed by atoms with Gasteiger partial charge in [0.1, 0.15) is 0 Å². The van der Waals surface area contributed by atoms with Crippen molar-refractivity contribution < 1.29 is 4.79 Å². The molecule has 0 spiro atoms. The minimum Gasteiger partial charge on any atom is -0.331 e. The number of hydrogen-bond donors (Lipinski definition) is 1. The molecule has 1 fully saturated rings. The Morgan fingerprint density at radius 3 is 2.22 bits per heavy atom. The van der Waals surface area contributed by atoms with Crippen molar-refractivity contribution in [3.05, 3.63) is 48.0 Å². The van der Waals surface area contributed by atoms with E-state index in [4.69, 9.17) is 0 Å². The first-order valence-electron chi connectivity index (χ1n) is 8.49. The Labute approximate surface area is 140 Å². The maximum Gasteiger partial charge on any atom is 0.317 e. The molecular formula is C19H29N3O. The van der Waals surface area contributed by atoms with E-state index in [0.29, 0.717) is 5.92 Å². The average molecular weight is 315 g/mol. The van der Waals surface area contributed by atoms with Crippen LogP contribution in [0.3, 0.4) is 0 Å². The Morgan fingerprint density at radius 1 is 1.13 bits per heavy atom. The van der Waals surface area contributed by atoms with Crippen LogP contribution in [0, 0.1) is 0 Å². The highest BCUT2D eigenvalue weighted by Crippen LogP contribution is 2.18. The molecule has 2 rings (SSSR count). The van der Waals surface area contributed by atoms with Crippen LogP contribution in [-0.2, 0) is 0 Å². The number of benzene rings is 1. The smallest absolute Gasteiger partial charge is 0.317 e. The Bertz CT molecular complexity index is 516. The van der Waals surface area contributed by atoms with Crippen LogP contribution in [0.4, 0.5) is 4.79 Å². The number of amides is 2. The van der Waals surface area contributed by atoms with Crippen LogP contribution in [0.5, 0.6) is 0 Å². The van der Waals surface area contributed by atoms with Gasteiger partial charge in [-0.15, -0.1) is 6.58 Å². The van der Waals surface area contributed by atoms with Crippen LogP contribution in [0.25, 0.3) is 0 Å². The third kappa shape index (κ3) is 4.83. The Morgan fingerprint density at radius 2 is 1.70 bits per heavy atom. The van der Waals surface area contributed by atoms with Crippen molar-refractivity contribution in [3.63, 3.8) is 0 Å². The van der Waals surface area contributed by atoms with Crippen molar-refractivity contribution in [3.8, 4) is 0 Å². The summed E-state index contributed by atoms with van der Waals surface area (Å²) in [5.74, 6) is 0.529. The molecule has 1 saturated heterocycles. The molecule has 0 aromatic heterocycles. The lowest BCUT2D eigenvalue weighted by Gasteiger charge is -2.34. The van der Waals surface area contributed by atoms with Crippen LogP contribution in [-0.4, -0.2) is 48.6 Å². The molecule has 1 aliphatic rings. The Hall–Kier alpha value is -1.81. The molecule has 23 heavy (non-hydrogen) atoms. The summed E-state index contributed by atoms with van der Waals surface area (Å²) in [7, 11) is 0. The molecule has 126 valence electrons. The van der Waals surface area contributed by atoms with E-state index >= 15 is 0 Å². The van der Waals surface area contributed by atoms with Crippen LogP contribution < -0.4 is 5.32 Å². The number of nitrogens with one attached hydrogen (secondary N) is 1. The zero-order valence-electron chi connectivity index (χ0n) is 14.6. The molecule has 1 heterocycles. The van der Waals surface area contributed by atoms with Crippen LogP contribution in [0.1, 0.15) is 43.9 Å². The van der Waals surface area contributed by atoms with E-state index in [-0.39, 0.29) is 12.1 Å². The number of carbonyl (C=O) groups is 1. The van der Waals surface area contributed by atoms with Crippen LogP contribution in [0.2, 0.25) is 0 Å². The largest absolute Gasteiger partial charge is 0.331 e. The average Bonchev–Trinajstić information content (AvgIpc) is 2.55. The molecule has 1 aliphatic heterocycles. The van der Waals surface area contributed by atoms with E-state index in [1.807, 2.05) is 17.9 Å². The summed E-state index contributed by atoms with van der Waals surface area (Å²) in [6, 6.07) is 8.58. The highest BCUT2D eigenvalue weighted by molar-refractivity contribution is 5.74. The standard InChI is InChI=1S/C19H29N3O/c1-5-10-21-11-13-22(14-12-21)19(23)20-16(4)18-8-6-17(7-9-18)15(2)3/h5-9,15-16H,1,10-14H2,2-4H3,(H,20,23)/t16-/m1/s1. The monoisotopic (exact) mass is 315 g/mol. The SMILES string of the molecule is C=CCN1CCN(C(=O)N[C@H](C)c2ccc(C(C)C)cc2)CC1. The highest BCUT2D eigenvalue weighted by Gasteiger charge is 2.21. The minimum absolute atomic E-state index is 0.0231. The Kier molecular flexibility index (Phi) is 6.22. The molecule has 2 amide bonds. The minimum atomic E-state index is 0.0231. The summed E-state index contributed by atoms with van der Waals surface area (Å²) in [5.41, 5.74) is 2.47. The number of nitrogens with zero attached hydrogens (tertiary/aromatic N) is 2. The van der Waals surface area contributed by atoms with Crippen molar-refractivity contribution in [1.82, 2.24) is 15.1 Å². The van der Waals surface area contributed by atoms with Crippen LogP contribution in [0.15, 0.2) is 36.9 Å². The maximum absolute atomic E-state index is 12.4. The molecule has 1 atom stereocenters. The lowest BCUT2D eigenvalue weighted by molar-refractivity contribution is 0.145. The second-order valence-corrected chi connectivity index (χ2v) is 6.57. The lowest BCUT2D eigenvalue weighted by Crippen LogP contribution is -2.52.